The molecule has 0 radical (unpaired) electrons. The molecule has 1 rings (SSSR count). The van der Waals surface area contributed by atoms with Gasteiger partial charge in [0.05, 0.1) is 22.2 Å². The monoisotopic (exact) mass is 351 g/mol. The zero-order valence-electron chi connectivity index (χ0n) is 9.26. The summed E-state index contributed by atoms with van der Waals surface area (Å²) in [6.45, 7) is 3.06. The summed E-state index contributed by atoms with van der Waals surface area (Å²) >= 11 is 6.89. The van der Waals surface area contributed by atoms with E-state index >= 15 is 0 Å². The molecular formula is C11H15Br2NO2. The van der Waals surface area contributed by atoms with Crippen LogP contribution in [0.2, 0.25) is 0 Å². The fourth-order valence-electron chi connectivity index (χ4n) is 1.33. The van der Waals surface area contributed by atoms with Gasteiger partial charge in [0.15, 0.2) is 0 Å². The molecule has 0 aromatic heterocycles. The largest absolute Gasteiger partial charge is 0.494 e. The molecule has 3 nitrogen and oxygen atoms in total. The second-order valence-electron chi connectivity index (χ2n) is 3.57. The van der Waals surface area contributed by atoms with Crippen LogP contribution in [0.4, 0.5) is 0 Å². The number of hydrogen-bond acceptors (Lipinski definition) is 3. The van der Waals surface area contributed by atoms with Crippen molar-refractivity contribution < 1.29 is 9.84 Å². The van der Waals surface area contributed by atoms with Crippen LogP contribution in [0, 0.1) is 0 Å². The first-order chi connectivity index (χ1) is 7.54. The van der Waals surface area contributed by atoms with Crippen LogP contribution in [0.3, 0.4) is 0 Å². The van der Waals surface area contributed by atoms with Gasteiger partial charge in [0.2, 0.25) is 0 Å². The molecule has 0 aliphatic heterocycles. The van der Waals surface area contributed by atoms with Crippen LogP contribution >= 0.6 is 31.9 Å². The van der Waals surface area contributed by atoms with Crippen molar-refractivity contribution in [2.75, 3.05) is 13.7 Å². The highest BCUT2D eigenvalue weighted by Gasteiger charge is 2.07. The third kappa shape index (κ3) is 4.05. The molecule has 1 atom stereocenters. The summed E-state index contributed by atoms with van der Waals surface area (Å²) in [6.07, 6.45) is -0.329. The maximum absolute atomic E-state index is 9.12. The lowest BCUT2D eigenvalue weighted by molar-refractivity contribution is 0.191. The highest BCUT2D eigenvalue weighted by atomic mass is 79.9. The van der Waals surface area contributed by atoms with Gasteiger partial charge < -0.3 is 15.2 Å². The topological polar surface area (TPSA) is 41.5 Å². The predicted molar refractivity (Wildman–Crippen MR) is 71.8 cm³/mol. The number of halogens is 2. The smallest absolute Gasteiger partial charge is 0.147 e. The number of aliphatic hydroxyl groups excluding tert-OH is 1. The number of hydrogen-bond donors (Lipinski definition) is 2. The molecule has 1 aromatic carbocycles. The fourth-order valence-corrected chi connectivity index (χ4v) is 2.94. The molecule has 0 fully saturated rings. The standard InChI is InChI=1S/C11H15Br2NO2/c1-7(15)5-14-6-8-3-9(12)11(16-2)10(13)4-8/h3-4,7,14-15H,5-6H2,1-2H3. The van der Waals surface area contributed by atoms with Crippen molar-refractivity contribution in [1.29, 1.82) is 0 Å². The summed E-state index contributed by atoms with van der Waals surface area (Å²) in [5.41, 5.74) is 1.13. The Hall–Kier alpha value is -0.100. The van der Waals surface area contributed by atoms with Gasteiger partial charge in [-0.2, -0.15) is 0 Å². The van der Waals surface area contributed by atoms with Crippen molar-refractivity contribution in [3.8, 4) is 5.75 Å². The minimum absolute atomic E-state index is 0.329. The Labute approximate surface area is 112 Å². The average molecular weight is 353 g/mol. The van der Waals surface area contributed by atoms with Gasteiger partial charge in [0.25, 0.3) is 0 Å². The number of ether oxygens (including phenoxy) is 1. The van der Waals surface area contributed by atoms with Crippen molar-refractivity contribution in [2.45, 2.75) is 19.6 Å². The summed E-state index contributed by atoms with van der Waals surface area (Å²) in [6, 6.07) is 4.00. The predicted octanol–water partition coefficient (Wildman–Crippen LogP) is 2.69. The molecule has 1 aromatic rings. The van der Waals surface area contributed by atoms with Gasteiger partial charge in [-0.15, -0.1) is 0 Å². The molecule has 1 unspecified atom stereocenters. The van der Waals surface area contributed by atoms with Crippen LogP contribution in [-0.2, 0) is 6.54 Å². The minimum atomic E-state index is -0.329. The summed E-state index contributed by atoms with van der Waals surface area (Å²) in [7, 11) is 1.64. The van der Waals surface area contributed by atoms with Crippen LogP contribution in [-0.4, -0.2) is 24.9 Å². The van der Waals surface area contributed by atoms with Gasteiger partial charge in [-0.05, 0) is 56.5 Å². The molecule has 0 heterocycles. The SMILES string of the molecule is COc1c(Br)cc(CNCC(C)O)cc1Br. The number of benzene rings is 1. The van der Waals surface area contributed by atoms with Crippen LogP contribution in [0.25, 0.3) is 0 Å². The number of rotatable bonds is 5. The molecule has 0 saturated heterocycles. The van der Waals surface area contributed by atoms with Gasteiger partial charge in [0, 0.05) is 13.1 Å². The van der Waals surface area contributed by atoms with E-state index in [1.165, 1.54) is 0 Å². The van der Waals surface area contributed by atoms with Crippen molar-refractivity contribution >= 4 is 31.9 Å². The lowest BCUT2D eigenvalue weighted by Crippen LogP contribution is -2.23. The quantitative estimate of drug-likeness (QED) is 0.856. The highest BCUT2D eigenvalue weighted by molar-refractivity contribution is 9.11. The Morgan fingerprint density at radius 1 is 1.38 bits per heavy atom. The zero-order valence-corrected chi connectivity index (χ0v) is 12.4. The molecule has 90 valence electrons. The van der Waals surface area contributed by atoms with Gasteiger partial charge in [-0.3, -0.25) is 0 Å². The second kappa shape index (κ2) is 6.59. The summed E-state index contributed by atoms with van der Waals surface area (Å²) in [5, 5.41) is 12.3. The van der Waals surface area contributed by atoms with Crippen LogP contribution in [0.1, 0.15) is 12.5 Å². The number of nitrogens with one attached hydrogen (secondary N) is 1. The summed E-state index contributed by atoms with van der Waals surface area (Å²) < 4.78 is 7.05. The van der Waals surface area contributed by atoms with E-state index in [1.54, 1.807) is 14.0 Å². The van der Waals surface area contributed by atoms with Gasteiger partial charge in [0.1, 0.15) is 5.75 Å². The Balaban J connectivity index is 2.68. The van der Waals surface area contributed by atoms with E-state index < -0.39 is 0 Å². The Bertz CT molecular complexity index is 333. The van der Waals surface area contributed by atoms with Crippen molar-refractivity contribution in [2.24, 2.45) is 0 Å². The van der Waals surface area contributed by atoms with Crippen molar-refractivity contribution in [3.05, 3.63) is 26.6 Å². The third-order valence-electron chi connectivity index (χ3n) is 2.03. The Kier molecular flexibility index (Phi) is 5.75. The lowest BCUT2D eigenvalue weighted by atomic mass is 10.2. The zero-order chi connectivity index (χ0) is 12.1. The van der Waals surface area contributed by atoms with Crippen molar-refractivity contribution in [3.63, 3.8) is 0 Å². The first-order valence-corrected chi connectivity index (χ1v) is 6.54. The van der Waals surface area contributed by atoms with Crippen LogP contribution in [0.5, 0.6) is 5.75 Å². The number of aliphatic hydroxyl groups is 1. The van der Waals surface area contributed by atoms with E-state index in [0.29, 0.717) is 13.1 Å². The molecule has 0 aliphatic rings. The Morgan fingerprint density at radius 3 is 2.38 bits per heavy atom. The summed E-state index contributed by atoms with van der Waals surface area (Å²) in [5.74, 6) is 0.791. The maximum Gasteiger partial charge on any atom is 0.147 e. The molecule has 0 bridgehead atoms. The number of methoxy groups -OCH3 is 1. The van der Waals surface area contributed by atoms with Gasteiger partial charge in [-0.1, -0.05) is 0 Å². The molecule has 2 N–H and O–H groups in total. The molecule has 5 heteroatoms. The molecular weight excluding hydrogens is 338 g/mol. The van der Waals surface area contributed by atoms with E-state index in [1.807, 2.05) is 12.1 Å². The molecule has 0 saturated carbocycles. The van der Waals surface area contributed by atoms with Crippen molar-refractivity contribution in [1.82, 2.24) is 5.32 Å². The van der Waals surface area contributed by atoms with Gasteiger partial charge >= 0.3 is 0 Å². The molecule has 0 spiro atoms. The normalized spacial score (nSPS) is 12.6. The third-order valence-corrected chi connectivity index (χ3v) is 3.21. The van der Waals surface area contributed by atoms with E-state index in [2.05, 4.69) is 37.2 Å². The molecule has 0 aliphatic carbocycles. The molecule has 16 heavy (non-hydrogen) atoms. The average Bonchev–Trinajstić information content (AvgIpc) is 2.16. The Morgan fingerprint density at radius 2 is 1.94 bits per heavy atom. The molecule has 0 amide bonds. The first-order valence-electron chi connectivity index (χ1n) is 4.95. The fraction of sp³-hybridized carbons (Fsp3) is 0.455. The van der Waals surface area contributed by atoms with E-state index in [0.717, 1.165) is 20.3 Å². The van der Waals surface area contributed by atoms with E-state index in [4.69, 9.17) is 9.84 Å². The van der Waals surface area contributed by atoms with E-state index in [-0.39, 0.29) is 6.10 Å². The maximum atomic E-state index is 9.12. The van der Waals surface area contributed by atoms with Gasteiger partial charge in [-0.25, -0.2) is 0 Å². The minimum Gasteiger partial charge on any atom is -0.494 e. The first kappa shape index (κ1) is 14.0. The highest BCUT2D eigenvalue weighted by Crippen LogP contribution is 2.34. The van der Waals surface area contributed by atoms with Crippen LogP contribution < -0.4 is 10.1 Å². The van der Waals surface area contributed by atoms with E-state index in [9.17, 15) is 0 Å². The van der Waals surface area contributed by atoms with Crippen LogP contribution in [0.15, 0.2) is 21.1 Å². The second-order valence-corrected chi connectivity index (χ2v) is 5.28. The summed E-state index contributed by atoms with van der Waals surface area (Å²) in [4.78, 5) is 0. The lowest BCUT2D eigenvalue weighted by Gasteiger charge is -2.10.